The summed E-state index contributed by atoms with van der Waals surface area (Å²) in [5.74, 6) is -0.593. The number of halogens is 3. The SMILES string of the molecule is CNC(=O)C1CCN(Cc2cccc(NC(=O)c3cccc(C(F)(F)F)n3)c2)CC1. The summed E-state index contributed by atoms with van der Waals surface area (Å²) in [5.41, 5.74) is 0.0377. The molecule has 3 rings (SSSR count). The Hall–Kier alpha value is -2.94. The number of likely N-dealkylation sites (tertiary alicyclic amines) is 1. The van der Waals surface area contributed by atoms with Crippen LogP contribution >= 0.6 is 0 Å². The number of amides is 2. The molecule has 1 aliphatic heterocycles. The highest BCUT2D eigenvalue weighted by atomic mass is 19.4. The van der Waals surface area contributed by atoms with Gasteiger partial charge in [0.1, 0.15) is 11.4 Å². The van der Waals surface area contributed by atoms with Crippen LogP contribution in [0.5, 0.6) is 0 Å². The van der Waals surface area contributed by atoms with Crippen molar-refractivity contribution in [1.82, 2.24) is 15.2 Å². The van der Waals surface area contributed by atoms with Crippen LogP contribution in [-0.2, 0) is 17.5 Å². The van der Waals surface area contributed by atoms with Crippen molar-refractivity contribution < 1.29 is 22.8 Å². The van der Waals surface area contributed by atoms with Crippen molar-refractivity contribution in [3.63, 3.8) is 0 Å². The van der Waals surface area contributed by atoms with Gasteiger partial charge in [0.25, 0.3) is 5.91 Å². The number of benzene rings is 1. The number of hydrogen-bond donors (Lipinski definition) is 2. The van der Waals surface area contributed by atoms with Crippen LogP contribution in [0.2, 0.25) is 0 Å². The number of nitrogens with one attached hydrogen (secondary N) is 2. The molecule has 1 aromatic heterocycles. The summed E-state index contributed by atoms with van der Waals surface area (Å²) in [6.07, 6.45) is -3.03. The van der Waals surface area contributed by atoms with Crippen molar-refractivity contribution in [2.45, 2.75) is 25.6 Å². The van der Waals surface area contributed by atoms with E-state index in [2.05, 4.69) is 20.5 Å². The fourth-order valence-electron chi connectivity index (χ4n) is 3.48. The van der Waals surface area contributed by atoms with Crippen LogP contribution in [0, 0.1) is 5.92 Å². The molecular weight excluding hydrogens is 397 g/mol. The zero-order valence-electron chi connectivity index (χ0n) is 16.5. The van der Waals surface area contributed by atoms with Crippen molar-refractivity contribution >= 4 is 17.5 Å². The largest absolute Gasteiger partial charge is 0.433 e. The highest BCUT2D eigenvalue weighted by molar-refractivity contribution is 6.02. The molecule has 30 heavy (non-hydrogen) atoms. The maximum Gasteiger partial charge on any atom is 0.433 e. The summed E-state index contributed by atoms with van der Waals surface area (Å²) in [6, 6.07) is 10.4. The van der Waals surface area contributed by atoms with E-state index in [0.717, 1.165) is 43.6 Å². The van der Waals surface area contributed by atoms with Crippen molar-refractivity contribution in [1.29, 1.82) is 0 Å². The van der Waals surface area contributed by atoms with Gasteiger partial charge in [-0.25, -0.2) is 4.98 Å². The maximum absolute atomic E-state index is 12.8. The Balaban J connectivity index is 1.61. The maximum atomic E-state index is 12.8. The summed E-state index contributed by atoms with van der Waals surface area (Å²) in [5, 5.41) is 5.29. The molecule has 2 N–H and O–H groups in total. The molecule has 0 bridgehead atoms. The van der Waals surface area contributed by atoms with Gasteiger partial charge in [0.2, 0.25) is 5.91 Å². The minimum Gasteiger partial charge on any atom is -0.359 e. The number of carbonyl (C=O) groups excluding carboxylic acids is 2. The number of nitrogens with zero attached hydrogens (tertiary/aromatic N) is 2. The average Bonchev–Trinajstić information content (AvgIpc) is 2.73. The van der Waals surface area contributed by atoms with E-state index < -0.39 is 17.8 Å². The first kappa shape index (κ1) is 21.8. The van der Waals surface area contributed by atoms with Gasteiger partial charge in [-0.2, -0.15) is 13.2 Å². The van der Waals surface area contributed by atoms with E-state index in [1.165, 1.54) is 6.07 Å². The molecular formula is C21H23F3N4O2. The van der Waals surface area contributed by atoms with E-state index in [9.17, 15) is 22.8 Å². The van der Waals surface area contributed by atoms with E-state index in [0.29, 0.717) is 12.2 Å². The van der Waals surface area contributed by atoms with E-state index in [4.69, 9.17) is 0 Å². The fraction of sp³-hybridized carbons (Fsp3) is 0.381. The number of carbonyl (C=O) groups is 2. The van der Waals surface area contributed by atoms with Crippen molar-refractivity contribution in [3.8, 4) is 0 Å². The van der Waals surface area contributed by atoms with Crippen LogP contribution in [0.15, 0.2) is 42.5 Å². The molecule has 0 saturated carbocycles. The van der Waals surface area contributed by atoms with Gasteiger partial charge in [0.15, 0.2) is 0 Å². The molecule has 2 heterocycles. The van der Waals surface area contributed by atoms with Crippen molar-refractivity contribution in [2.24, 2.45) is 5.92 Å². The Bertz CT molecular complexity index is 909. The third-order valence-corrected chi connectivity index (χ3v) is 5.07. The predicted octanol–water partition coefficient (Wildman–Crippen LogP) is 3.31. The topological polar surface area (TPSA) is 74.3 Å². The smallest absolute Gasteiger partial charge is 0.359 e. The van der Waals surface area contributed by atoms with Crippen molar-refractivity contribution in [3.05, 3.63) is 59.4 Å². The molecule has 1 aliphatic rings. The molecule has 1 saturated heterocycles. The minimum atomic E-state index is -4.61. The Kier molecular flexibility index (Phi) is 6.71. The lowest BCUT2D eigenvalue weighted by Crippen LogP contribution is -2.39. The molecule has 0 spiro atoms. The lowest BCUT2D eigenvalue weighted by Gasteiger charge is -2.31. The molecule has 2 amide bonds. The van der Waals surface area contributed by atoms with Gasteiger partial charge >= 0.3 is 6.18 Å². The molecule has 0 atom stereocenters. The molecule has 9 heteroatoms. The number of pyridine rings is 1. The van der Waals surface area contributed by atoms with E-state index in [1.807, 2.05) is 6.07 Å². The zero-order valence-corrected chi connectivity index (χ0v) is 16.5. The first-order valence-corrected chi connectivity index (χ1v) is 9.65. The normalized spacial score (nSPS) is 15.6. The minimum absolute atomic E-state index is 0.0387. The Labute approximate surface area is 172 Å². The molecule has 2 aromatic rings. The second kappa shape index (κ2) is 9.25. The Morgan fingerprint density at radius 2 is 1.83 bits per heavy atom. The number of rotatable bonds is 5. The zero-order chi connectivity index (χ0) is 21.7. The Morgan fingerprint density at radius 3 is 2.50 bits per heavy atom. The van der Waals surface area contributed by atoms with E-state index >= 15 is 0 Å². The first-order valence-electron chi connectivity index (χ1n) is 9.65. The molecule has 1 fully saturated rings. The first-order chi connectivity index (χ1) is 14.3. The number of anilines is 1. The van der Waals surface area contributed by atoms with Crippen molar-refractivity contribution in [2.75, 3.05) is 25.5 Å². The lowest BCUT2D eigenvalue weighted by atomic mass is 9.95. The summed E-state index contributed by atoms with van der Waals surface area (Å²) in [4.78, 5) is 29.7. The average molecular weight is 420 g/mol. The monoisotopic (exact) mass is 420 g/mol. The molecule has 160 valence electrons. The molecule has 0 radical (unpaired) electrons. The van der Waals surface area contributed by atoms with Crippen LogP contribution in [-0.4, -0.2) is 41.8 Å². The van der Waals surface area contributed by atoms with Gasteiger partial charge in [-0.3, -0.25) is 14.5 Å². The highest BCUT2D eigenvalue weighted by Gasteiger charge is 2.33. The molecule has 6 nitrogen and oxygen atoms in total. The highest BCUT2D eigenvalue weighted by Crippen LogP contribution is 2.27. The van der Waals surface area contributed by atoms with Crippen LogP contribution in [0.3, 0.4) is 0 Å². The second-order valence-electron chi connectivity index (χ2n) is 7.23. The molecule has 0 unspecified atom stereocenters. The fourth-order valence-corrected chi connectivity index (χ4v) is 3.48. The number of piperidine rings is 1. The van der Waals surface area contributed by atoms with Gasteiger partial charge in [-0.1, -0.05) is 18.2 Å². The second-order valence-corrected chi connectivity index (χ2v) is 7.23. The van der Waals surface area contributed by atoms with Gasteiger partial charge in [-0.15, -0.1) is 0 Å². The Morgan fingerprint density at radius 1 is 1.13 bits per heavy atom. The van der Waals surface area contributed by atoms with Crippen LogP contribution in [0.25, 0.3) is 0 Å². The lowest BCUT2D eigenvalue weighted by molar-refractivity contribution is -0.141. The summed E-state index contributed by atoms with van der Waals surface area (Å²) in [6.45, 7) is 2.25. The number of alkyl halides is 3. The summed E-state index contributed by atoms with van der Waals surface area (Å²) < 4.78 is 38.4. The summed E-state index contributed by atoms with van der Waals surface area (Å²) >= 11 is 0. The van der Waals surface area contributed by atoms with E-state index in [1.54, 1.807) is 25.2 Å². The van der Waals surface area contributed by atoms with Crippen LogP contribution < -0.4 is 10.6 Å². The van der Waals surface area contributed by atoms with Gasteiger partial charge in [-0.05, 0) is 55.8 Å². The van der Waals surface area contributed by atoms with E-state index in [-0.39, 0.29) is 17.5 Å². The summed E-state index contributed by atoms with van der Waals surface area (Å²) in [7, 11) is 1.64. The quantitative estimate of drug-likeness (QED) is 0.779. The third-order valence-electron chi connectivity index (χ3n) is 5.07. The molecule has 0 aliphatic carbocycles. The predicted molar refractivity (Wildman–Crippen MR) is 106 cm³/mol. The standard InChI is InChI=1S/C21H23F3N4O2/c1-25-19(29)15-8-10-28(11-9-15)13-14-4-2-5-16(12-14)26-20(30)17-6-3-7-18(27-17)21(22,23)24/h2-7,12,15H,8-11,13H2,1H3,(H,25,29)(H,26,30). The van der Waals surface area contributed by atoms with Gasteiger partial charge in [0, 0.05) is 25.2 Å². The number of aromatic nitrogens is 1. The van der Waals surface area contributed by atoms with Gasteiger partial charge < -0.3 is 10.6 Å². The molecule has 1 aromatic carbocycles. The number of hydrogen-bond acceptors (Lipinski definition) is 4. The third kappa shape index (κ3) is 5.56. The van der Waals surface area contributed by atoms with Gasteiger partial charge in [0.05, 0.1) is 0 Å². The van der Waals surface area contributed by atoms with Crippen LogP contribution in [0.1, 0.15) is 34.6 Å². The van der Waals surface area contributed by atoms with Crippen LogP contribution in [0.4, 0.5) is 18.9 Å².